The van der Waals surface area contributed by atoms with Gasteiger partial charge in [0.25, 0.3) is 0 Å². The summed E-state index contributed by atoms with van der Waals surface area (Å²) in [6.45, 7) is 1.81. The molecule has 86 valence electrons. The van der Waals surface area contributed by atoms with Crippen LogP contribution < -0.4 is 0 Å². The van der Waals surface area contributed by atoms with E-state index in [0.717, 1.165) is 0 Å². The molecule has 0 amide bonds. The molecule has 5 heteroatoms. The Hall–Kier alpha value is -1.75. The van der Waals surface area contributed by atoms with E-state index in [9.17, 15) is 14.7 Å². The lowest BCUT2D eigenvalue weighted by Crippen LogP contribution is -2.26. The number of aliphatic hydroxyl groups excluding tert-OH is 1. The number of ketones is 1. The Morgan fingerprint density at radius 2 is 2.06 bits per heavy atom. The summed E-state index contributed by atoms with van der Waals surface area (Å²) in [5.41, 5.74) is 0.415. The summed E-state index contributed by atoms with van der Waals surface area (Å²) in [6, 6.07) is 3.06. The molecule has 0 aromatic carbocycles. The lowest BCUT2D eigenvalue weighted by atomic mass is 10.1. The van der Waals surface area contributed by atoms with Gasteiger partial charge < -0.3 is 9.84 Å². The Balaban J connectivity index is 2.55. The van der Waals surface area contributed by atoms with Crippen molar-refractivity contribution in [3.63, 3.8) is 0 Å². The number of rotatable bonds is 5. The zero-order valence-electron chi connectivity index (χ0n) is 8.92. The van der Waals surface area contributed by atoms with Gasteiger partial charge in [0.1, 0.15) is 0 Å². The monoisotopic (exact) mass is 223 g/mol. The molecule has 0 bridgehead atoms. The van der Waals surface area contributed by atoms with Crippen molar-refractivity contribution >= 4 is 11.8 Å². The topological polar surface area (TPSA) is 76.5 Å². The Kier molecular flexibility index (Phi) is 4.60. The zero-order valence-corrected chi connectivity index (χ0v) is 8.92. The van der Waals surface area contributed by atoms with Crippen LogP contribution in [0.3, 0.4) is 0 Å². The van der Waals surface area contributed by atoms with Crippen molar-refractivity contribution in [1.29, 1.82) is 0 Å². The molecule has 0 aliphatic rings. The van der Waals surface area contributed by atoms with Gasteiger partial charge in [0.15, 0.2) is 11.9 Å². The quantitative estimate of drug-likeness (QED) is 0.583. The highest BCUT2D eigenvalue weighted by Gasteiger charge is 2.20. The molecule has 0 aliphatic carbocycles. The van der Waals surface area contributed by atoms with E-state index >= 15 is 0 Å². The summed E-state index contributed by atoms with van der Waals surface area (Å²) in [7, 11) is 0. The van der Waals surface area contributed by atoms with Crippen LogP contribution in [0.15, 0.2) is 24.5 Å². The normalized spacial score (nSPS) is 11.9. The number of hydrogen-bond donors (Lipinski definition) is 1. The maximum atomic E-state index is 11.6. The van der Waals surface area contributed by atoms with Gasteiger partial charge in [-0.3, -0.25) is 9.78 Å². The van der Waals surface area contributed by atoms with Crippen LogP contribution in [0.1, 0.15) is 23.7 Å². The zero-order chi connectivity index (χ0) is 12.0. The van der Waals surface area contributed by atoms with Gasteiger partial charge in [-0.15, -0.1) is 0 Å². The molecular weight excluding hydrogens is 210 g/mol. The number of pyridine rings is 1. The van der Waals surface area contributed by atoms with Crippen molar-refractivity contribution in [1.82, 2.24) is 4.98 Å². The number of aliphatic hydroxyl groups is 1. The molecule has 1 heterocycles. The molecule has 1 N–H and O–H groups in total. The third-order valence-electron chi connectivity index (χ3n) is 1.94. The molecule has 0 spiro atoms. The van der Waals surface area contributed by atoms with Gasteiger partial charge in [-0.2, -0.15) is 0 Å². The molecule has 0 aliphatic heterocycles. The van der Waals surface area contributed by atoms with E-state index < -0.39 is 12.1 Å². The van der Waals surface area contributed by atoms with Gasteiger partial charge in [-0.05, 0) is 19.1 Å². The summed E-state index contributed by atoms with van der Waals surface area (Å²) < 4.78 is 4.59. The van der Waals surface area contributed by atoms with Crippen molar-refractivity contribution in [2.75, 3.05) is 6.61 Å². The summed E-state index contributed by atoms with van der Waals surface area (Å²) in [4.78, 5) is 26.4. The van der Waals surface area contributed by atoms with Gasteiger partial charge in [-0.1, -0.05) is 0 Å². The lowest BCUT2D eigenvalue weighted by molar-refractivity contribution is -0.152. The standard InChI is InChI=1S/C11H13NO4/c1-2-16-11(15)10(14)7-9(13)8-3-5-12-6-4-8/h3-6,10,14H,2,7H2,1H3. The molecule has 0 saturated heterocycles. The van der Waals surface area contributed by atoms with Crippen LogP contribution in [0.4, 0.5) is 0 Å². The van der Waals surface area contributed by atoms with E-state index in [0.29, 0.717) is 5.56 Å². The van der Waals surface area contributed by atoms with Crippen molar-refractivity contribution in [3.05, 3.63) is 30.1 Å². The van der Waals surface area contributed by atoms with Gasteiger partial charge >= 0.3 is 5.97 Å². The molecule has 1 aromatic heterocycles. The number of ether oxygens (including phenoxy) is 1. The second-order valence-electron chi connectivity index (χ2n) is 3.13. The molecule has 0 fully saturated rings. The fraction of sp³-hybridized carbons (Fsp3) is 0.364. The fourth-order valence-electron chi connectivity index (χ4n) is 1.15. The number of carbonyl (C=O) groups is 2. The molecule has 1 rings (SSSR count). The first kappa shape index (κ1) is 12.3. The average Bonchev–Trinajstić information content (AvgIpc) is 2.30. The highest BCUT2D eigenvalue weighted by Crippen LogP contribution is 2.05. The largest absolute Gasteiger partial charge is 0.464 e. The van der Waals surface area contributed by atoms with Crippen LogP contribution in [0.2, 0.25) is 0 Å². The number of aromatic nitrogens is 1. The number of hydrogen-bond acceptors (Lipinski definition) is 5. The van der Waals surface area contributed by atoms with Crippen molar-refractivity contribution in [2.45, 2.75) is 19.4 Å². The van der Waals surface area contributed by atoms with Crippen LogP contribution >= 0.6 is 0 Å². The maximum absolute atomic E-state index is 11.6. The van der Waals surface area contributed by atoms with E-state index in [4.69, 9.17) is 0 Å². The molecular formula is C11H13NO4. The van der Waals surface area contributed by atoms with Crippen molar-refractivity contribution < 1.29 is 19.4 Å². The predicted octanol–water partition coefficient (Wildman–Crippen LogP) is 0.578. The fourth-order valence-corrected chi connectivity index (χ4v) is 1.15. The van der Waals surface area contributed by atoms with E-state index in [-0.39, 0.29) is 18.8 Å². The van der Waals surface area contributed by atoms with Crippen LogP contribution in [-0.4, -0.2) is 34.6 Å². The van der Waals surface area contributed by atoms with Gasteiger partial charge in [0.2, 0.25) is 0 Å². The Morgan fingerprint density at radius 1 is 1.44 bits per heavy atom. The molecule has 16 heavy (non-hydrogen) atoms. The summed E-state index contributed by atoms with van der Waals surface area (Å²) in [5.74, 6) is -1.09. The number of esters is 1. The Labute approximate surface area is 93.1 Å². The van der Waals surface area contributed by atoms with Crippen LogP contribution in [0.25, 0.3) is 0 Å². The predicted molar refractivity (Wildman–Crippen MR) is 55.8 cm³/mol. The first-order chi connectivity index (χ1) is 7.65. The highest BCUT2D eigenvalue weighted by atomic mass is 16.5. The van der Waals surface area contributed by atoms with Crippen molar-refractivity contribution in [2.24, 2.45) is 0 Å². The molecule has 1 aromatic rings. The first-order valence-corrected chi connectivity index (χ1v) is 4.93. The molecule has 0 saturated carbocycles. The van der Waals surface area contributed by atoms with Gasteiger partial charge in [0.05, 0.1) is 6.61 Å². The molecule has 5 nitrogen and oxygen atoms in total. The summed E-state index contributed by atoms with van der Waals surface area (Å²) in [5, 5.41) is 9.37. The van der Waals surface area contributed by atoms with Crippen LogP contribution in [0.5, 0.6) is 0 Å². The third kappa shape index (κ3) is 3.43. The smallest absolute Gasteiger partial charge is 0.335 e. The number of Topliss-reactive ketones (excluding diaryl/α,β-unsaturated/α-hetero) is 1. The van der Waals surface area contributed by atoms with E-state index in [2.05, 4.69) is 9.72 Å². The minimum Gasteiger partial charge on any atom is -0.464 e. The average molecular weight is 223 g/mol. The Bertz CT molecular complexity index is 364. The number of nitrogens with zero attached hydrogens (tertiary/aromatic N) is 1. The summed E-state index contributed by atoms with van der Waals surface area (Å²) in [6.07, 6.45) is 1.28. The second kappa shape index (κ2) is 5.97. The van der Waals surface area contributed by atoms with Crippen LogP contribution in [0, 0.1) is 0 Å². The van der Waals surface area contributed by atoms with E-state index in [1.54, 1.807) is 6.92 Å². The molecule has 0 radical (unpaired) electrons. The Morgan fingerprint density at radius 3 is 2.62 bits per heavy atom. The van der Waals surface area contributed by atoms with Gasteiger partial charge in [-0.25, -0.2) is 4.79 Å². The molecule has 1 unspecified atom stereocenters. The summed E-state index contributed by atoms with van der Waals surface area (Å²) >= 11 is 0. The highest BCUT2D eigenvalue weighted by molar-refractivity contribution is 5.98. The van der Waals surface area contributed by atoms with Gasteiger partial charge in [0, 0.05) is 24.4 Å². The minimum absolute atomic E-state index is 0.180. The third-order valence-corrected chi connectivity index (χ3v) is 1.94. The van der Waals surface area contributed by atoms with E-state index in [1.807, 2.05) is 0 Å². The first-order valence-electron chi connectivity index (χ1n) is 4.93. The maximum Gasteiger partial charge on any atom is 0.335 e. The van der Waals surface area contributed by atoms with Crippen molar-refractivity contribution in [3.8, 4) is 0 Å². The molecule has 1 atom stereocenters. The van der Waals surface area contributed by atoms with Crippen LogP contribution in [-0.2, 0) is 9.53 Å². The second-order valence-corrected chi connectivity index (χ2v) is 3.13. The van der Waals surface area contributed by atoms with E-state index in [1.165, 1.54) is 24.5 Å². The minimum atomic E-state index is -1.40. The lowest BCUT2D eigenvalue weighted by Gasteiger charge is -2.08. The SMILES string of the molecule is CCOC(=O)C(O)CC(=O)c1ccncc1. The number of carbonyl (C=O) groups excluding carboxylic acids is 2.